The molecule has 0 N–H and O–H groups in total. The molecule has 0 spiro atoms. The summed E-state index contributed by atoms with van der Waals surface area (Å²) in [6.07, 6.45) is 1.55. The zero-order chi connectivity index (χ0) is 19.8. The highest BCUT2D eigenvalue weighted by molar-refractivity contribution is 6.35. The quantitative estimate of drug-likeness (QED) is 0.764. The van der Waals surface area contributed by atoms with Gasteiger partial charge in [0, 0.05) is 26.2 Å². The van der Waals surface area contributed by atoms with Crippen molar-refractivity contribution in [2.45, 2.75) is 20.4 Å². The van der Waals surface area contributed by atoms with E-state index in [2.05, 4.69) is 16.8 Å². The molecule has 1 aromatic carbocycles. The SMILES string of the molecule is Cc1ccc(C2=C(N3CCN(C)CC3)C(=O)N(Cc3ccco3)C2=O)cc1C. The average molecular weight is 379 g/mol. The Bertz CT molecular complexity index is 938. The summed E-state index contributed by atoms with van der Waals surface area (Å²) in [7, 11) is 2.07. The number of benzene rings is 1. The third kappa shape index (κ3) is 3.24. The number of furan rings is 1. The van der Waals surface area contributed by atoms with Crippen LogP contribution in [0.4, 0.5) is 0 Å². The number of nitrogens with zero attached hydrogens (tertiary/aromatic N) is 3. The Labute approximate surface area is 165 Å². The number of carbonyl (C=O) groups excluding carboxylic acids is 2. The molecule has 1 aromatic heterocycles. The molecule has 2 aromatic rings. The molecule has 0 atom stereocenters. The van der Waals surface area contributed by atoms with E-state index in [1.807, 2.05) is 32.0 Å². The van der Waals surface area contributed by atoms with Gasteiger partial charge in [0.1, 0.15) is 11.5 Å². The van der Waals surface area contributed by atoms with Gasteiger partial charge in [-0.05, 0) is 49.7 Å². The minimum atomic E-state index is -0.251. The molecular weight excluding hydrogens is 354 g/mol. The van der Waals surface area contributed by atoms with Crippen molar-refractivity contribution in [2.24, 2.45) is 0 Å². The third-order valence-corrected chi connectivity index (χ3v) is 5.65. The first-order valence-corrected chi connectivity index (χ1v) is 9.59. The van der Waals surface area contributed by atoms with E-state index in [9.17, 15) is 9.59 Å². The van der Waals surface area contributed by atoms with E-state index < -0.39 is 0 Å². The lowest BCUT2D eigenvalue weighted by Crippen LogP contribution is -2.45. The van der Waals surface area contributed by atoms with Gasteiger partial charge < -0.3 is 14.2 Å². The number of rotatable bonds is 4. The van der Waals surface area contributed by atoms with Crippen LogP contribution in [0.25, 0.3) is 5.57 Å². The maximum atomic E-state index is 13.3. The minimum Gasteiger partial charge on any atom is -0.467 e. The summed E-state index contributed by atoms with van der Waals surface area (Å²) in [6, 6.07) is 9.49. The van der Waals surface area contributed by atoms with Gasteiger partial charge >= 0.3 is 0 Å². The second kappa shape index (κ2) is 7.28. The normalized spacial score (nSPS) is 18.5. The molecule has 2 amide bonds. The van der Waals surface area contributed by atoms with Crippen LogP contribution in [-0.2, 0) is 16.1 Å². The van der Waals surface area contributed by atoms with Crippen LogP contribution in [0.2, 0.25) is 0 Å². The molecule has 1 saturated heterocycles. The molecular formula is C22H25N3O3. The van der Waals surface area contributed by atoms with Crippen LogP contribution in [0.5, 0.6) is 0 Å². The topological polar surface area (TPSA) is 57.0 Å². The van der Waals surface area contributed by atoms with Gasteiger partial charge in [-0.25, -0.2) is 0 Å². The predicted octanol–water partition coefficient (Wildman–Crippen LogP) is 2.42. The Kier molecular flexibility index (Phi) is 4.81. The average Bonchev–Trinajstić information content (AvgIpc) is 3.27. The van der Waals surface area contributed by atoms with Gasteiger partial charge in [0.2, 0.25) is 0 Å². The van der Waals surface area contributed by atoms with Gasteiger partial charge in [-0.1, -0.05) is 18.2 Å². The van der Waals surface area contributed by atoms with Gasteiger partial charge in [-0.15, -0.1) is 0 Å². The standard InChI is InChI=1S/C22H25N3O3/c1-15-6-7-17(13-16(15)2)19-20(24-10-8-23(3)9-11-24)22(27)25(21(19)26)14-18-5-4-12-28-18/h4-7,12-13H,8-11,14H2,1-3H3. The minimum absolute atomic E-state index is 0.149. The van der Waals surface area contributed by atoms with E-state index in [0.29, 0.717) is 17.0 Å². The number of amides is 2. The molecule has 3 heterocycles. The number of piperazine rings is 1. The molecule has 4 rings (SSSR count). The number of carbonyl (C=O) groups is 2. The van der Waals surface area contributed by atoms with Crippen molar-refractivity contribution in [3.8, 4) is 0 Å². The Hall–Kier alpha value is -2.86. The van der Waals surface area contributed by atoms with Crippen molar-refractivity contribution < 1.29 is 14.0 Å². The van der Waals surface area contributed by atoms with Crippen LogP contribution in [0.15, 0.2) is 46.7 Å². The molecule has 2 aliphatic heterocycles. The number of hydrogen-bond donors (Lipinski definition) is 0. The molecule has 0 aliphatic carbocycles. The molecule has 1 fully saturated rings. The number of imide groups is 1. The maximum Gasteiger partial charge on any atom is 0.278 e. The summed E-state index contributed by atoms with van der Waals surface area (Å²) in [5.74, 6) is 0.110. The van der Waals surface area contributed by atoms with E-state index in [1.54, 1.807) is 18.4 Å². The molecule has 28 heavy (non-hydrogen) atoms. The number of likely N-dealkylation sites (N-methyl/N-ethyl adjacent to an activating group) is 1. The number of aryl methyl sites for hydroxylation is 2. The summed E-state index contributed by atoms with van der Waals surface area (Å²) >= 11 is 0. The van der Waals surface area contributed by atoms with Crippen molar-refractivity contribution in [3.05, 3.63) is 64.7 Å². The van der Waals surface area contributed by atoms with Crippen LogP contribution < -0.4 is 0 Å². The summed E-state index contributed by atoms with van der Waals surface area (Å²) in [4.78, 5) is 32.2. The van der Waals surface area contributed by atoms with Crippen molar-refractivity contribution in [1.82, 2.24) is 14.7 Å². The Morgan fingerprint density at radius 3 is 2.36 bits per heavy atom. The predicted molar refractivity (Wildman–Crippen MR) is 106 cm³/mol. The zero-order valence-corrected chi connectivity index (χ0v) is 16.6. The Morgan fingerprint density at radius 2 is 1.71 bits per heavy atom. The lowest BCUT2D eigenvalue weighted by Gasteiger charge is -2.34. The molecule has 2 aliphatic rings. The third-order valence-electron chi connectivity index (χ3n) is 5.65. The second-order valence-corrected chi connectivity index (χ2v) is 7.59. The van der Waals surface area contributed by atoms with Crippen LogP contribution in [0.1, 0.15) is 22.5 Å². The summed E-state index contributed by atoms with van der Waals surface area (Å²) in [5.41, 5.74) is 4.09. The molecule has 6 heteroatoms. The van der Waals surface area contributed by atoms with Crippen molar-refractivity contribution in [3.63, 3.8) is 0 Å². The fraction of sp³-hybridized carbons (Fsp3) is 0.364. The number of hydrogen-bond acceptors (Lipinski definition) is 5. The first-order chi connectivity index (χ1) is 13.5. The fourth-order valence-corrected chi connectivity index (χ4v) is 3.75. The highest BCUT2D eigenvalue weighted by Crippen LogP contribution is 2.33. The largest absolute Gasteiger partial charge is 0.467 e. The van der Waals surface area contributed by atoms with Crippen LogP contribution >= 0.6 is 0 Å². The molecule has 0 saturated carbocycles. The van der Waals surface area contributed by atoms with E-state index in [4.69, 9.17) is 4.42 Å². The van der Waals surface area contributed by atoms with Gasteiger partial charge in [0.15, 0.2) is 0 Å². The Balaban J connectivity index is 1.76. The Morgan fingerprint density at radius 1 is 0.964 bits per heavy atom. The second-order valence-electron chi connectivity index (χ2n) is 7.59. The lowest BCUT2D eigenvalue weighted by molar-refractivity contribution is -0.138. The molecule has 146 valence electrons. The zero-order valence-electron chi connectivity index (χ0n) is 16.6. The van der Waals surface area contributed by atoms with Crippen molar-refractivity contribution in [2.75, 3.05) is 33.2 Å². The first kappa shape index (κ1) is 18.5. The smallest absolute Gasteiger partial charge is 0.278 e. The van der Waals surface area contributed by atoms with Crippen LogP contribution in [-0.4, -0.2) is 59.7 Å². The van der Waals surface area contributed by atoms with E-state index in [1.165, 1.54) is 4.90 Å². The van der Waals surface area contributed by atoms with Gasteiger partial charge in [0.25, 0.3) is 11.8 Å². The highest BCUT2D eigenvalue weighted by Gasteiger charge is 2.42. The first-order valence-electron chi connectivity index (χ1n) is 9.59. The highest BCUT2D eigenvalue weighted by atomic mass is 16.3. The molecule has 0 unspecified atom stereocenters. The van der Waals surface area contributed by atoms with Gasteiger partial charge in [0.05, 0.1) is 18.4 Å². The molecule has 6 nitrogen and oxygen atoms in total. The van der Waals surface area contributed by atoms with Gasteiger partial charge in [-0.2, -0.15) is 0 Å². The van der Waals surface area contributed by atoms with Crippen molar-refractivity contribution in [1.29, 1.82) is 0 Å². The maximum absolute atomic E-state index is 13.3. The molecule has 0 bridgehead atoms. The van der Waals surface area contributed by atoms with E-state index in [-0.39, 0.29) is 18.4 Å². The summed E-state index contributed by atoms with van der Waals surface area (Å²) in [6.45, 7) is 7.40. The molecule has 0 radical (unpaired) electrons. The summed E-state index contributed by atoms with van der Waals surface area (Å²) in [5, 5.41) is 0. The van der Waals surface area contributed by atoms with E-state index in [0.717, 1.165) is 42.9 Å². The van der Waals surface area contributed by atoms with Crippen LogP contribution in [0.3, 0.4) is 0 Å². The van der Waals surface area contributed by atoms with E-state index >= 15 is 0 Å². The van der Waals surface area contributed by atoms with Crippen LogP contribution in [0, 0.1) is 13.8 Å². The lowest BCUT2D eigenvalue weighted by atomic mass is 9.99. The van der Waals surface area contributed by atoms with Gasteiger partial charge in [-0.3, -0.25) is 14.5 Å². The fourth-order valence-electron chi connectivity index (χ4n) is 3.75. The van der Waals surface area contributed by atoms with Crippen molar-refractivity contribution >= 4 is 17.4 Å². The monoisotopic (exact) mass is 379 g/mol. The summed E-state index contributed by atoms with van der Waals surface area (Å²) < 4.78 is 5.38.